The molecule has 11 rings (SSSR count). The van der Waals surface area contributed by atoms with Crippen molar-refractivity contribution in [3.63, 3.8) is 0 Å². The number of benzene rings is 6. The smallest absolute Gasteiger partial charge is 0.392 e. The minimum Gasteiger partial charge on any atom is -0.392 e. The van der Waals surface area contributed by atoms with Crippen LogP contribution in [0.1, 0.15) is 155 Å². The quantitative estimate of drug-likeness (QED) is 0.152. The lowest BCUT2D eigenvalue weighted by Gasteiger charge is -2.39. The van der Waals surface area contributed by atoms with Crippen molar-refractivity contribution in [2.45, 2.75) is 138 Å². The molecule has 1 atom stereocenters. The van der Waals surface area contributed by atoms with E-state index >= 15 is 0 Å². The SMILES string of the molecule is [2H]c1c([2H])c(C(C)(C)C)c([2H])c([2H])c1-c1cc[n+]2c(c1)-c1cc(C(C)(C)C)cc3c1C21Oc2c(cc(C(C)C)cc2C(C)C)-c2n(-c4ccc(C(C)(C)C(C)(C)C)cc4-c4ccccc4)c4cccc-3c4[n+]21. The molecule has 5 heterocycles. The molecule has 0 aliphatic carbocycles. The van der Waals surface area contributed by atoms with Crippen LogP contribution in [-0.4, -0.2) is 4.57 Å². The molecular weight excluding hydrogens is 827 g/mol. The van der Waals surface area contributed by atoms with Gasteiger partial charge in [-0.25, -0.2) is 0 Å². The summed E-state index contributed by atoms with van der Waals surface area (Å²) in [5.41, 5.74) is 17.0. The summed E-state index contributed by atoms with van der Waals surface area (Å²) in [6.45, 7) is 33.4. The van der Waals surface area contributed by atoms with Crippen molar-refractivity contribution in [2.75, 3.05) is 0 Å². The van der Waals surface area contributed by atoms with Gasteiger partial charge >= 0.3 is 11.7 Å². The molecule has 1 unspecified atom stereocenters. The van der Waals surface area contributed by atoms with Crippen LogP contribution in [0.5, 0.6) is 5.75 Å². The third-order valence-electron chi connectivity index (χ3n) is 15.9. The molecular formula is C64H69N3O+2. The van der Waals surface area contributed by atoms with Gasteiger partial charge in [-0.15, -0.1) is 9.13 Å². The van der Waals surface area contributed by atoms with E-state index in [0.717, 1.165) is 78.5 Å². The maximum Gasteiger partial charge on any atom is 0.499 e. The number of hydrogen-bond acceptors (Lipinski definition) is 1. The van der Waals surface area contributed by atoms with Crippen molar-refractivity contribution in [2.24, 2.45) is 5.41 Å². The Morgan fingerprint density at radius 2 is 1.25 bits per heavy atom. The Balaban J connectivity index is 1.33. The molecule has 6 aromatic carbocycles. The van der Waals surface area contributed by atoms with Crippen molar-refractivity contribution in [1.29, 1.82) is 0 Å². The third kappa shape index (κ3) is 6.24. The summed E-state index contributed by atoms with van der Waals surface area (Å²) in [5.74, 6) is 1.03. The fraction of sp³-hybridized carbons (Fsp3) is 0.344. The molecule has 3 aliphatic heterocycles. The van der Waals surface area contributed by atoms with E-state index in [1.54, 1.807) is 0 Å². The maximum atomic E-state index is 9.45. The summed E-state index contributed by atoms with van der Waals surface area (Å²) in [4.78, 5) is 0. The van der Waals surface area contributed by atoms with Crippen LogP contribution >= 0.6 is 0 Å². The highest BCUT2D eigenvalue weighted by Crippen LogP contribution is 2.56. The molecule has 8 aromatic rings. The Kier molecular flexibility index (Phi) is 8.54. The number of para-hydroxylation sites is 1. The second kappa shape index (κ2) is 14.6. The number of hydrogen-bond donors (Lipinski definition) is 0. The Labute approximate surface area is 410 Å². The van der Waals surface area contributed by atoms with Gasteiger partial charge in [-0.2, -0.15) is 4.57 Å². The summed E-state index contributed by atoms with van der Waals surface area (Å²) in [7, 11) is 0. The van der Waals surface area contributed by atoms with E-state index in [9.17, 15) is 5.48 Å². The first kappa shape index (κ1) is 39.7. The van der Waals surface area contributed by atoms with Gasteiger partial charge in [0.15, 0.2) is 23.0 Å². The maximum absolute atomic E-state index is 9.45. The van der Waals surface area contributed by atoms with Gasteiger partial charge in [0.1, 0.15) is 16.8 Å². The summed E-state index contributed by atoms with van der Waals surface area (Å²) in [6, 6.07) is 38.2. The highest BCUT2D eigenvalue weighted by atomic mass is 16.5. The van der Waals surface area contributed by atoms with Crippen molar-refractivity contribution >= 4 is 11.0 Å². The second-order valence-corrected chi connectivity index (χ2v) is 24.0. The molecule has 0 saturated carbocycles. The molecule has 1 spiro atoms. The largest absolute Gasteiger partial charge is 0.499 e. The molecule has 0 amide bonds. The van der Waals surface area contributed by atoms with Crippen molar-refractivity contribution in [3.8, 4) is 67.5 Å². The van der Waals surface area contributed by atoms with Crippen LogP contribution in [0, 0.1) is 5.41 Å². The topological polar surface area (TPSA) is 21.9 Å². The molecule has 0 bridgehead atoms. The zero-order valence-corrected chi connectivity index (χ0v) is 42.8. The molecule has 0 radical (unpaired) electrons. The van der Waals surface area contributed by atoms with E-state index < -0.39 is 11.3 Å². The lowest BCUT2D eigenvalue weighted by molar-refractivity contribution is -0.997. The standard InChI is InChI=1S/C64H69N3O/c1-38(2)43-32-48(39(3)4)58-52(33-43)59-66(53-29-28-45(63(14,15)62(11,12)13)35-49(53)41-20-17-16-18-21-41)54-23-19-22-47-50-36-46(61(8,9)10)37-51-55-34-42(40-24-26-44(27-25-40)60(5,6)7)30-31-65(55)64(68-58,56(50)51)67(59)57(47)54/h16-39H,1-15H3/q+2/i24D,25D,26D,27D. The van der Waals surface area contributed by atoms with Crippen molar-refractivity contribution in [1.82, 2.24) is 4.57 Å². The first-order valence-corrected chi connectivity index (χ1v) is 24.7. The fourth-order valence-corrected chi connectivity index (χ4v) is 10.8. The second-order valence-electron chi connectivity index (χ2n) is 24.0. The Morgan fingerprint density at radius 1 is 0.574 bits per heavy atom. The first-order valence-electron chi connectivity index (χ1n) is 26.7. The van der Waals surface area contributed by atoms with Gasteiger partial charge in [-0.3, -0.25) is 0 Å². The molecule has 0 saturated heterocycles. The van der Waals surface area contributed by atoms with Crippen molar-refractivity contribution in [3.05, 3.63) is 167 Å². The van der Waals surface area contributed by atoms with Crippen LogP contribution in [0.15, 0.2) is 133 Å². The highest BCUT2D eigenvalue weighted by Gasteiger charge is 2.69. The Bertz CT molecular complexity index is 3600. The summed E-state index contributed by atoms with van der Waals surface area (Å²) in [6.07, 6.45) is 2.07. The van der Waals surface area contributed by atoms with Crippen LogP contribution in [0.3, 0.4) is 0 Å². The predicted octanol–water partition coefficient (Wildman–Crippen LogP) is 15.9. The van der Waals surface area contributed by atoms with Gasteiger partial charge in [-0.05, 0) is 120 Å². The molecule has 0 fully saturated rings. The van der Waals surface area contributed by atoms with Gasteiger partial charge in [0.05, 0.1) is 11.0 Å². The molecule has 68 heavy (non-hydrogen) atoms. The van der Waals surface area contributed by atoms with E-state index in [0.29, 0.717) is 16.7 Å². The van der Waals surface area contributed by atoms with E-state index in [1.165, 1.54) is 16.7 Å². The van der Waals surface area contributed by atoms with Gasteiger partial charge in [0.25, 0.3) is 0 Å². The normalized spacial score (nSPS) is 16.8. The van der Waals surface area contributed by atoms with Crippen LogP contribution < -0.4 is 13.9 Å². The minimum absolute atomic E-state index is 0.00259. The molecule has 2 aromatic heterocycles. The number of nitrogens with zero attached hydrogens (tertiary/aromatic N) is 3. The van der Waals surface area contributed by atoms with Crippen LogP contribution in [0.2, 0.25) is 0 Å². The lowest BCUT2D eigenvalue weighted by Crippen LogP contribution is -2.78. The van der Waals surface area contributed by atoms with E-state index in [1.807, 2.05) is 26.8 Å². The summed E-state index contributed by atoms with van der Waals surface area (Å²) < 4.78 is 52.7. The zero-order valence-electron chi connectivity index (χ0n) is 46.8. The third-order valence-corrected chi connectivity index (χ3v) is 15.9. The van der Waals surface area contributed by atoms with Crippen molar-refractivity contribution < 1.29 is 19.4 Å². The summed E-state index contributed by atoms with van der Waals surface area (Å²) in [5, 5.41) is 0. The summed E-state index contributed by atoms with van der Waals surface area (Å²) >= 11 is 0. The van der Waals surface area contributed by atoms with Gasteiger partial charge in [0.2, 0.25) is 5.69 Å². The van der Waals surface area contributed by atoms with E-state index in [4.69, 9.17) is 4.74 Å². The van der Waals surface area contributed by atoms with Crippen LogP contribution in [-0.2, 0) is 22.1 Å². The average molecular weight is 900 g/mol. The van der Waals surface area contributed by atoms with Crippen LogP contribution in [0.4, 0.5) is 0 Å². The number of fused-ring (bicyclic) bond motifs is 5. The molecule has 4 nitrogen and oxygen atoms in total. The number of rotatable bonds is 6. The first-order chi connectivity index (χ1) is 33.7. The molecule has 3 aliphatic rings. The van der Waals surface area contributed by atoms with Gasteiger partial charge in [0, 0.05) is 28.8 Å². The number of pyridine rings is 1. The van der Waals surface area contributed by atoms with E-state index in [-0.39, 0.29) is 52.3 Å². The average Bonchev–Trinajstić information content (AvgIpc) is 3.81. The van der Waals surface area contributed by atoms with Gasteiger partial charge in [-0.1, -0.05) is 177 Å². The van der Waals surface area contributed by atoms with Gasteiger partial charge < -0.3 is 4.74 Å². The van der Waals surface area contributed by atoms with E-state index in [2.05, 4.69) is 200 Å². The number of aromatic nitrogens is 3. The zero-order chi connectivity index (χ0) is 51.7. The number of imidazole rings is 1. The molecule has 4 heteroatoms. The molecule has 344 valence electrons. The predicted molar refractivity (Wildman–Crippen MR) is 282 cm³/mol. The number of ether oxygens (including phenoxy) is 1. The fourth-order valence-electron chi connectivity index (χ4n) is 10.8. The lowest BCUT2D eigenvalue weighted by atomic mass is 9.65. The Morgan fingerprint density at radius 3 is 1.90 bits per heavy atom. The monoisotopic (exact) mass is 900 g/mol. The Hall–Kier alpha value is -6.26. The molecule has 0 N–H and O–H groups in total. The van der Waals surface area contributed by atoms with Crippen LogP contribution in [0.25, 0.3) is 72.7 Å². The highest BCUT2D eigenvalue weighted by molar-refractivity contribution is 5.98. The minimum atomic E-state index is -1.25.